The summed E-state index contributed by atoms with van der Waals surface area (Å²) in [5.41, 5.74) is 10.3. The van der Waals surface area contributed by atoms with Crippen LogP contribution in [0.4, 0.5) is 0 Å². The molecule has 0 aromatic heterocycles. The lowest BCUT2D eigenvalue weighted by atomic mass is 9.74. The van der Waals surface area contributed by atoms with Crippen molar-refractivity contribution in [2.45, 2.75) is 12.0 Å². The molecule has 13 rings (SSSR count). The first-order chi connectivity index (χ1) is 23.3. The Morgan fingerprint density at radius 1 is 0.553 bits per heavy atom. The molecule has 0 amide bonds. The van der Waals surface area contributed by atoms with Crippen LogP contribution in [-0.2, 0) is 0 Å². The van der Waals surface area contributed by atoms with Crippen LogP contribution in [0.1, 0.15) is 22.6 Å². The van der Waals surface area contributed by atoms with Gasteiger partial charge in [0.1, 0.15) is 34.4 Å². The van der Waals surface area contributed by atoms with Gasteiger partial charge in [-0.05, 0) is 58.1 Å². The van der Waals surface area contributed by atoms with Gasteiger partial charge in [0.25, 0.3) is 0 Å². The van der Waals surface area contributed by atoms with E-state index in [1.165, 1.54) is 0 Å². The van der Waals surface area contributed by atoms with Gasteiger partial charge in [-0.25, -0.2) is 0 Å². The van der Waals surface area contributed by atoms with Crippen molar-refractivity contribution in [1.29, 1.82) is 0 Å². The fourth-order valence-electron chi connectivity index (χ4n) is 9.03. The summed E-state index contributed by atoms with van der Waals surface area (Å²) in [6, 6.07) is 29.0. The molecular formula is C41H20O6. The molecule has 5 heterocycles. The summed E-state index contributed by atoms with van der Waals surface area (Å²) in [4.78, 5) is 0. The van der Waals surface area contributed by atoms with Crippen molar-refractivity contribution in [2.24, 2.45) is 0 Å². The highest BCUT2D eigenvalue weighted by molar-refractivity contribution is 6.28. The Labute approximate surface area is 265 Å². The molecule has 5 aliphatic heterocycles. The monoisotopic (exact) mass is 608 g/mol. The molecule has 1 aliphatic carbocycles. The Morgan fingerprint density at radius 2 is 1.34 bits per heavy atom. The maximum absolute atomic E-state index is 6.89. The van der Waals surface area contributed by atoms with Crippen molar-refractivity contribution in [2.75, 3.05) is 6.79 Å². The van der Waals surface area contributed by atoms with Crippen LogP contribution in [0.3, 0.4) is 0 Å². The quantitative estimate of drug-likeness (QED) is 0.126. The zero-order chi connectivity index (χ0) is 30.1. The van der Waals surface area contributed by atoms with Crippen molar-refractivity contribution < 1.29 is 27.8 Å². The summed E-state index contributed by atoms with van der Waals surface area (Å²) in [6.07, 6.45) is 4.17. The summed E-state index contributed by atoms with van der Waals surface area (Å²) in [6.45, 7) is -0.00536. The van der Waals surface area contributed by atoms with Crippen molar-refractivity contribution >= 4 is 60.7 Å². The molecule has 6 heteroatoms. The Morgan fingerprint density at radius 3 is 2.30 bits per heavy atom. The van der Waals surface area contributed by atoms with Gasteiger partial charge in [-0.1, -0.05) is 60.7 Å². The van der Waals surface area contributed by atoms with Crippen LogP contribution < -0.4 is 18.9 Å². The standard InChI is InChI=1S/C41H20O6/c1-5-18-13-15-26-34-28(18)22(9-1)46-40-36(34)30-20(7-3-11-24(30)44-26)32-33-21-8-4-12-25-31(21)37-35-27(45-25)16-14-19-6-2-10-23(29(19)35)47-41(37)39(33)43-17-42-38(32)40/h1-16,26,34H,17H2. The smallest absolute Gasteiger partial charge is 0.231 e. The van der Waals surface area contributed by atoms with Crippen molar-refractivity contribution in [3.05, 3.63) is 108 Å². The summed E-state index contributed by atoms with van der Waals surface area (Å²) in [5, 5.41) is 6.19. The molecule has 6 nitrogen and oxygen atoms in total. The van der Waals surface area contributed by atoms with Gasteiger partial charge in [-0.3, -0.25) is 0 Å². The molecule has 47 heavy (non-hydrogen) atoms. The summed E-state index contributed by atoms with van der Waals surface area (Å²) < 4.78 is 40.5. The fourth-order valence-corrected chi connectivity index (χ4v) is 9.03. The molecular weight excluding hydrogens is 588 g/mol. The molecule has 0 radical (unpaired) electrons. The van der Waals surface area contributed by atoms with E-state index < -0.39 is 0 Å². The minimum absolute atomic E-state index is 0.00536. The van der Waals surface area contributed by atoms with E-state index in [2.05, 4.69) is 60.7 Å². The average Bonchev–Trinajstić information content (AvgIpc) is 3.32. The van der Waals surface area contributed by atoms with Gasteiger partial charge in [0.05, 0.1) is 5.92 Å². The first-order valence-electron chi connectivity index (χ1n) is 15.9. The van der Waals surface area contributed by atoms with Crippen LogP contribution in [0.2, 0.25) is 0 Å². The van der Waals surface area contributed by atoms with Gasteiger partial charge >= 0.3 is 0 Å². The highest BCUT2D eigenvalue weighted by atomic mass is 16.7. The van der Waals surface area contributed by atoms with E-state index in [1.54, 1.807) is 0 Å². The van der Waals surface area contributed by atoms with Crippen LogP contribution >= 0.6 is 0 Å². The average molecular weight is 609 g/mol. The Hall–Kier alpha value is -6.14. The normalized spacial score (nSPS) is 18.3. The minimum Gasteiger partial charge on any atom is -0.485 e. The lowest BCUT2D eigenvalue weighted by Crippen LogP contribution is -2.32. The first-order valence-corrected chi connectivity index (χ1v) is 15.9. The van der Waals surface area contributed by atoms with Crippen molar-refractivity contribution in [3.8, 4) is 51.0 Å². The predicted octanol–water partition coefficient (Wildman–Crippen LogP) is 10.6. The van der Waals surface area contributed by atoms with Gasteiger partial charge in [-0.2, -0.15) is 0 Å². The number of rotatable bonds is 0. The number of hydrogen-bond acceptors (Lipinski definition) is 6. The molecule has 7 aromatic carbocycles. The number of benzene rings is 7. The molecule has 0 fully saturated rings. The van der Waals surface area contributed by atoms with Gasteiger partial charge in [0, 0.05) is 49.5 Å². The van der Waals surface area contributed by atoms with E-state index in [0.29, 0.717) is 17.1 Å². The molecule has 0 bridgehead atoms. The molecule has 0 N–H and O–H groups in total. The van der Waals surface area contributed by atoms with E-state index in [9.17, 15) is 0 Å². The van der Waals surface area contributed by atoms with Crippen molar-refractivity contribution in [3.63, 3.8) is 0 Å². The molecule has 0 spiro atoms. The topological polar surface area (TPSA) is 63.2 Å². The van der Waals surface area contributed by atoms with E-state index in [4.69, 9.17) is 27.8 Å². The zero-order valence-electron chi connectivity index (χ0n) is 24.5. The minimum atomic E-state index is -0.146. The van der Waals surface area contributed by atoms with Gasteiger partial charge in [0.15, 0.2) is 22.8 Å². The molecule has 2 atom stereocenters. The highest BCUT2D eigenvalue weighted by Crippen LogP contribution is 2.64. The second-order valence-electron chi connectivity index (χ2n) is 12.9. The summed E-state index contributed by atoms with van der Waals surface area (Å²) in [5.74, 6) is 3.67. The predicted molar refractivity (Wildman–Crippen MR) is 180 cm³/mol. The molecule has 7 aromatic rings. The van der Waals surface area contributed by atoms with Crippen LogP contribution in [0, 0.1) is 0 Å². The summed E-state index contributed by atoms with van der Waals surface area (Å²) >= 11 is 0. The second kappa shape index (κ2) is 7.62. The second-order valence-corrected chi connectivity index (χ2v) is 12.9. The summed E-state index contributed by atoms with van der Waals surface area (Å²) in [7, 11) is 0. The highest BCUT2D eigenvalue weighted by Gasteiger charge is 2.45. The Bertz CT molecular complexity index is 2900. The van der Waals surface area contributed by atoms with Gasteiger partial charge in [0.2, 0.25) is 6.79 Å². The molecule has 0 saturated heterocycles. The Kier molecular flexibility index (Phi) is 3.77. The molecule has 0 saturated carbocycles. The van der Waals surface area contributed by atoms with E-state index >= 15 is 0 Å². The SMILES string of the molecule is C1=CC2Oc3cccc4c5c(c6c(c34)C2c2c1cccc2O6)OCOc1c-5c2cccc3oc4ccc5cccc6oc1c(c32)-c4c56. The Balaban J connectivity index is 1.25. The van der Waals surface area contributed by atoms with E-state index in [-0.39, 0.29) is 18.8 Å². The van der Waals surface area contributed by atoms with Crippen molar-refractivity contribution in [1.82, 2.24) is 0 Å². The number of fused-ring (bicyclic) bond motifs is 7. The lowest BCUT2D eigenvalue weighted by Gasteiger charge is -2.41. The third kappa shape index (κ3) is 2.54. The van der Waals surface area contributed by atoms with Gasteiger partial charge < -0.3 is 27.8 Å². The number of ether oxygens (including phenoxy) is 4. The third-order valence-electron chi connectivity index (χ3n) is 10.7. The van der Waals surface area contributed by atoms with Crippen LogP contribution in [0.25, 0.3) is 83.0 Å². The van der Waals surface area contributed by atoms with Crippen LogP contribution in [0.15, 0.2) is 99.8 Å². The van der Waals surface area contributed by atoms with E-state index in [1.807, 2.05) is 36.4 Å². The molecule has 220 valence electrons. The maximum atomic E-state index is 6.89. The van der Waals surface area contributed by atoms with Gasteiger partial charge in [-0.15, -0.1) is 0 Å². The maximum Gasteiger partial charge on any atom is 0.231 e. The van der Waals surface area contributed by atoms with E-state index in [0.717, 1.165) is 105 Å². The van der Waals surface area contributed by atoms with Crippen LogP contribution in [0.5, 0.6) is 28.7 Å². The number of hydrogen-bond donors (Lipinski definition) is 0. The fraction of sp³-hybridized carbons (Fsp3) is 0.0732. The third-order valence-corrected chi connectivity index (χ3v) is 10.7. The van der Waals surface area contributed by atoms with Crippen LogP contribution in [-0.4, -0.2) is 12.9 Å². The zero-order valence-corrected chi connectivity index (χ0v) is 24.5. The molecule has 6 aliphatic rings. The molecule has 2 unspecified atom stereocenters. The first kappa shape index (κ1) is 23.2. The largest absolute Gasteiger partial charge is 0.485 e. The lowest BCUT2D eigenvalue weighted by molar-refractivity contribution is 0.121.